The van der Waals surface area contributed by atoms with Gasteiger partial charge in [-0.15, -0.1) is 0 Å². The van der Waals surface area contributed by atoms with E-state index in [9.17, 15) is 0 Å². The van der Waals surface area contributed by atoms with Gasteiger partial charge in [0.15, 0.2) is 0 Å². The van der Waals surface area contributed by atoms with E-state index in [2.05, 4.69) is 67.1 Å². The summed E-state index contributed by atoms with van der Waals surface area (Å²) in [5, 5.41) is 3.52. The maximum absolute atomic E-state index is 3.60. The fraction of sp³-hybridized carbons (Fsp3) is 0.571. The summed E-state index contributed by atoms with van der Waals surface area (Å²) >= 11 is 3.60. The summed E-state index contributed by atoms with van der Waals surface area (Å²) in [5.74, 6) is 0. The van der Waals surface area contributed by atoms with Crippen LogP contribution < -0.4 is 5.32 Å². The molecule has 1 N–H and O–H groups in total. The maximum Gasteiger partial charge on any atom is 0.0222 e. The second-order valence-electron chi connectivity index (χ2n) is 5.22. The molecule has 0 fully saturated rings. The zero-order valence-corrected chi connectivity index (χ0v) is 12.3. The van der Waals surface area contributed by atoms with Crippen LogP contribution in [0.1, 0.15) is 38.3 Å². The highest BCUT2D eigenvalue weighted by Crippen LogP contribution is 2.20. The summed E-state index contributed by atoms with van der Waals surface area (Å²) < 4.78 is 1.20. The molecule has 1 aromatic rings. The van der Waals surface area contributed by atoms with E-state index in [1.165, 1.54) is 22.0 Å². The Kier molecular flexibility index (Phi) is 5.00. The SMILES string of the molecule is CCC(C)(C)CNCc1ccc(C)cc1Br. The lowest BCUT2D eigenvalue weighted by atomic mass is 9.90. The van der Waals surface area contributed by atoms with Crippen molar-refractivity contribution in [2.45, 2.75) is 40.7 Å². The third-order valence-electron chi connectivity index (χ3n) is 3.08. The Morgan fingerprint density at radius 1 is 1.31 bits per heavy atom. The van der Waals surface area contributed by atoms with Crippen molar-refractivity contribution in [2.75, 3.05) is 6.54 Å². The second-order valence-corrected chi connectivity index (χ2v) is 6.07. The van der Waals surface area contributed by atoms with Gasteiger partial charge in [0.25, 0.3) is 0 Å². The molecule has 1 nitrogen and oxygen atoms in total. The fourth-order valence-corrected chi connectivity index (χ4v) is 2.09. The first-order valence-corrected chi connectivity index (χ1v) is 6.69. The van der Waals surface area contributed by atoms with Crippen LogP contribution in [0.2, 0.25) is 0 Å². The zero-order chi connectivity index (χ0) is 12.2. The van der Waals surface area contributed by atoms with Crippen LogP contribution >= 0.6 is 15.9 Å². The second kappa shape index (κ2) is 5.83. The van der Waals surface area contributed by atoms with Crippen molar-refractivity contribution in [3.63, 3.8) is 0 Å². The minimum atomic E-state index is 0.386. The molecule has 0 aliphatic rings. The number of hydrogen-bond acceptors (Lipinski definition) is 1. The normalized spacial score (nSPS) is 11.8. The van der Waals surface area contributed by atoms with E-state index in [1.54, 1.807) is 0 Å². The quantitative estimate of drug-likeness (QED) is 0.850. The molecule has 1 rings (SSSR count). The van der Waals surface area contributed by atoms with E-state index < -0.39 is 0 Å². The topological polar surface area (TPSA) is 12.0 Å². The van der Waals surface area contributed by atoms with Gasteiger partial charge in [0.1, 0.15) is 0 Å². The predicted octanol–water partition coefficient (Wildman–Crippen LogP) is 4.28. The van der Waals surface area contributed by atoms with Crippen LogP contribution in [-0.2, 0) is 6.54 Å². The van der Waals surface area contributed by atoms with Crippen molar-refractivity contribution in [3.05, 3.63) is 33.8 Å². The first kappa shape index (κ1) is 13.7. The molecule has 0 aromatic heterocycles. The summed E-state index contributed by atoms with van der Waals surface area (Å²) in [6.07, 6.45) is 1.20. The van der Waals surface area contributed by atoms with Gasteiger partial charge in [-0.1, -0.05) is 48.8 Å². The van der Waals surface area contributed by atoms with Crippen LogP contribution in [0.4, 0.5) is 0 Å². The molecule has 0 spiro atoms. The molecule has 0 radical (unpaired) electrons. The molecule has 1 aromatic carbocycles. The largest absolute Gasteiger partial charge is 0.312 e. The lowest BCUT2D eigenvalue weighted by Gasteiger charge is -2.23. The van der Waals surface area contributed by atoms with E-state index in [-0.39, 0.29) is 0 Å². The highest BCUT2D eigenvalue weighted by Gasteiger charge is 2.14. The van der Waals surface area contributed by atoms with Gasteiger partial charge in [-0.25, -0.2) is 0 Å². The van der Waals surface area contributed by atoms with E-state index in [1.807, 2.05) is 0 Å². The molecule has 0 atom stereocenters. The van der Waals surface area contributed by atoms with Gasteiger partial charge >= 0.3 is 0 Å². The third kappa shape index (κ3) is 4.26. The van der Waals surface area contributed by atoms with Crippen LogP contribution in [0.3, 0.4) is 0 Å². The average Bonchev–Trinajstić information content (AvgIpc) is 2.21. The van der Waals surface area contributed by atoms with Crippen molar-refractivity contribution >= 4 is 15.9 Å². The van der Waals surface area contributed by atoms with Gasteiger partial charge < -0.3 is 5.32 Å². The number of hydrogen-bond donors (Lipinski definition) is 1. The number of benzene rings is 1. The van der Waals surface area contributed by atoms with Gasteiger partial charge in [-0.05, 0) is 36.0 Å². The molecule has 16 heavy (non-hydrogen) atoms. The Bertz CT molecular complexity index is 345. The molecular weight excluding hydrogens is 262 g/mol. The Hall–Kier alpha value is -0.340. The van der Waals surface area contributed by atoms with Crippen LogP contribution in [0, 0.1) is 12.3 Å². The number of rotatable bonds is 5. The predicted molar refractivity (Wildman–Crippen MR) is 74.7 cm³/mol. The van der Waals surface area contributed by atoms with Crippen molar-refractivity contribution in [2.24, 2.45) is 5.41 Å². The smallest absolute Gasteiger partial charge is 0.0222 e. The van der Waals surface area contributed by atoms with E-state index in [0.717, 1.165) is 13.1 Å². The third-order valence-corrected chi connectivity index (χ3v) is 3.82. The van der Waals surface area contributed by atoms with Gasteiger partial charge in [0, 0.05) is 17.6 Å². The average molecular weight is 284 g/mol. The highest BCUT2D eigenvalue weighted by molar-refractivity contribution is 9.10. The van der Waals surface area contributed by atoms with Crippen LogP contribution in [0.25, 0.3) is 0 Å². The molecule has 90 valence electrons. The fourth-order valence-electron chi connectivity index (χ4n) is 1.46. The molecule has 0 amide bonds. The zero-order valence-electron chi connectivity index (χ0n) is 10.7. The molecule has 0 saturated carbocycles. The highest BCUT2D eigenvalue weighted by atomic mass is 79.9. The minimum Gasteiger partial charge on any atom is -0.312 e. The summed E-state index contributed by atoms with van der Waals surface area (Å²) in [5.41, 5.74) is 3.01. The van der Waals surface area contributed by atoms with Crippen LogP contribution in [0.15, 0.2) is 22.7 Å². The summed E-state index contributed by atoms with van der Waals surface area (Å²) in [4.78, 5) is 0. The lowest BCUT2D eigenvalue weighted by molar-refractivity contribution is 0.327. The Morgan fingerprint density at radius 2 is 2.00 bits per heavy atom. The molecular formula is C14H22BrN. The first-order valence-electron chi connectivity index (χ1n) is 5.90. The summed E-state index contributed by atoms with van der Waals surface area (Å²) in [7, 11) is 0. The molecule has 0 bridgehead atoms. The lowest BCUT2D eigenvalue weighted by Crippen LogP contribution is -2.28. The van der Waals surface area contributed by atoms with Gasteiger partial charge in [0.05, 0.1) is 0 Å². The molecule has 0 saturated heterocycles. The van der Waals surface area contributed by atoms with Crippen molar-refractivity contribution in [3.8, 4) is 0 Å². The monoisotopic (exact) mass is 283 g/mol. The van der Waals surface area contributed by atoms with Gasteiger partial charge in [-0.2, -0.15) is 0 Å². The molecule has 0 aliphatic heterocycles. The Balaban J connectivity index is 2.49. The molecule has 0 heterocycles. The van der Waals surface area contributed by atoms with Gasteiger partial charge in [-0.3, -0.25) is 0 Å². The van der Waals surface area contributed by atoms with Crippen molar-refractivity contribution in [1.82, 2.24) is 5.32 Å². The Morgan fingerprint density at radius 3 is 2.56 bits per heavy atom. The molecule has 0 aliphatic carbocycles. The maximum atomic E-state index is 3.60. The van der Waals surface area contributed by atoms with Crippen molar-refractivity contribution < 1.29 is 0 Å². The van der Waals surface area contributed by atoms with Crippen LogP contribution in [-0.4, -0.2) is 6.54 Å². The van der Waals surface area contributed by atoms with E-state index in [0.29, 0.717) is 5.41 Å². The molecule has 2 heteroatoms. The van der Waals surface area contributed by atoms with E-state index >= 15 is 0 Å². The summed E-state index contributed by atoms with van der Waals surface area (Å²) in [6, 6.07) is 6.51. The first-order chi connectivity index (χ1) is 7.44. The molecule has 0 unspecified atom stereocenters. The number of aryl methyl sites for hydroxylation is 1. The van der Waals surface area contributed by atoms with E-state index in [4.69, 9.17) is 0 Å². The standard InChI is InChI=1S/C14H22BrN/c1-5-14(3,4)10-16-9-12-7-6-11(2)8-13(12)15/h6-8,16H,5,9-10H2,1-4H3. The van der Waals surface area contributed by atoms with Crippen LogP contribution in [0.5, 0.6) is 0 Å². The van der Waals surface area contributed by atoms with Gasteiger partial charge in [0.2, 0.25) is 0 Å². The number of nitrogens with one attached hydrogen (secondary N) is 1. The minimum absolute atomic E-state index is 0.386. The number of halogens is 1. The Labute approximate surface area is 108 Å². The summed E-state index contributed by atoms with van der Waals surface area (Å²) in [6.45, 7) is 10.9. The van der Waals surface area contributed by atoms with Crippen molar-refractivity contribution in [1.29, 1.82) is 0 Å².